The second-order valence-electron chi connectivity index (χ2n) is 7.20. The summed E-state index contributed by atoms with van der Waals surface area (Å²) in [6, 6.07) is 0. The molecule has 0 atom stereocenters. The largest absolute Gasteiger partial charge is 0.354 e. The van der Waals surface area contributed by atoms with Gasteiger partial charge in [-0.25, -0.2) is 0 Å². The van der Waals surface area contributed by atoms with Crippen molar-refractivity contribution in [2.45, 2.75) is 57.9 Å². The number of hydrogen-bond acceptors (Lipinski definition) is 4. The Hall–Kier alpha value is -0.650. The van der Waals surface area contributed by atoms with Gasteiger partial charge in [-0.3, -0.25) is 9.69 Å². The average Bonchev–Trinajstić information content (AvgIpc) is 2.43. The van der Waals surface area contributed by atoms with Gasteiger partial charge in [0, 0.05) is 26.2 Å². The number of likely N-dealkylation sites (tertiary alicyclic amines) is 1. The zero-order valence-electron chi connectivity index (χ0n) is 14.8. The number of carbonyl (C=O) groups is 1. The van der Waals surface area contributed by atoms with E-state index in [9.17, 15) is 4.79 Å². The summed E-state index contributed by atoms with van der Waals surface area (Å²) in [5.74, 6) is 0.655. The molecular weight excluding hydrogens is 276 g/mol. The van der Waals surface area contributed by atoms with Crippen LogP contribution in [0.4, 0.5) is 0 Å². The van der Waals surface area contributed by atoms with Crippen molar-refractivity contribution in [3.05, 3.63) is 0 Å². The molecule has 0 saturated carbocycles. The van der Waals surface area contributed by atoms with Crippen molar-refractivity contribution in [1.29, 1.82) is 0 Å². The highest BCUT2D eigenvalue weighted by Crippen LogP contribution is 2.19. The van der Waals surface area contributed by atoms with Crippen molar-refractivity contribution in [1.82, 2.24) is 15.5 Å². The number of carbonyl (C=O) groups excluding carboxylic acids is 1. The van der Waals surface area contributed by atoms with E-state index in [1.807, 2.05) is 7.05 Å². The first-order chi connectivity index (χ1) is 10.5. The minimum atomic E-state index is -0.651. The van der Waals surface area contributed by atoms with Gasteiger partial charge in [0.05, 0.1) is 0 Å². The topological polar surface area (TPSA) is 70.4 Å². The molecule has 1 saturated heterocycles. The molecule has 0 unspecified atom stereocenters. The molecule has 1 amide bonds. The Morgan fingerprint density at radius 2 is 1.64 bits per heavy atom. The molecule has 5 nitrogen and oxygen atoms in total. The van der Waals surface area contributed by atoms with E-state index in [0.717, 1.165) is 26.1 Å². The van der Waals surface area contributed by atoms with Crippen LogP contribution in [0.1, 0.15) is 52.4 Å². The molecular formula is C17H36N4O. The Balaban J connectivity index is 1.98. The molecule has 0 aromatic heterocycles. The van der Waals surface area contributed by atoms with Crippen LogP contribution in [-0.4, -0.2) is 56.1 Å². The van der Waals surface area contributed by atoms with Gasteiger partial charge in [0.15, 0.2) is 0 Å². The van der Waals surface area contributed by atoms with Gasteiger partial charge in [0.2, 0.25) is 5.91 Å². The van der Waals surface area contributed by atoms with Crippen molar-refractivity contribution >= 4 is 5.91 Å². The fourth-order valence-electron chi connectivity index (χ4n) is 3.05. The summed E-state index contributed by atoms with van der Waals surface area (Å²) >= 11 is 0. The molecule has 130 valence electrons. The number of nitrogens with zero attached hydrogens (tertiary/aromatic N) is 1. The molecule has 1 rings (SSSR count). The first kappa shape index (κ1) is 19.4. The average molecular weight is 313 g/mol. The lowest BCUT2D eigenvalue weighted by Gasteiger charge is -2.46. The normalized spacial score (nSPS) is 17.5. The maximum absolute atomic E-state index is 12.1. The Morgan fingerprint density at radius 1 is 1.09 bits per heavy atom. The third-order valence-corrected chi connectivity index (χ3v) is 4.23. The Labute approximate surface area is 136 Å². The molecule has 0 bridgehead atoms. The number of hydrogen-bond donors (Lipinski definition) is 3. The number of rotatable bonds is 12. The SMILES string of the molecule is CNCCCCCCCCNC(=O)C1(N)CN(CC(C)C)C1. The van der Waals surface area contributed by atoms with Gasteiger partial charge in [0.1, 0.15) is 5.54 Å². The highest BCUT2D eigenvalue weighted by Gasteiger charge is 2.45. The number of unbranched alkanes of at least 4 members (excludes halogenated alkanes) is 5. The number of nitrogens with two attached hydrogens (primary N) is 1. The Bertz CT molecular complexity index is 314. The van der Waals surface area contributed by atoms with Crippen LogP contribution in [0.25, 0.3) is 0 Å². The molecule has 0 aromatic carbocycles. The fraction of sp³-hybridized carbons (Fsp3) is 0.941. The summed E-state index contributed by atoms with van der Waals surface area (Å²) < 4.78 is 0. The van der Waals surface area contributed by atoms with Gasteiger partial charge in [-0.05, 0) is 32.4 Å². The molecule has 1 fully saturated rings. The quantitative estimate of drug-likeness (QED) is 0.476. The maximum Gasteiger partial charge on any atom is 0.242 e. The molecule has 1 aliphatic heterocycles. The van der Waals surface area contributed by atoms with Crippen LogP contribution in [0.2, 0.25) is 0 Å². The van der Waals surface area contributed by atoms with Crippen LogP contribution < -0.4 is 16.4 Å². The third kappa shape index (κ3) is 7.07. The lowest BCUT2D eigenvalue weighted by molar-refractivity contribution is -0.132. The summed E-state index contributed by atoms with van der Waals surface area (Å²) in [4.78, 5) is 14.4. The van der Waals surface area contributed by atoms with Crippen LogP contribution in [0, 0.1) is 5.92 Å². The predicted octanol–water partition coefficient (Wildman–Crippen LogP) is 1.33. The van der Waals surface area contributed by atoms with E-state index < -0.39 is 5.54 Å². The molecule has 5 heteroatoms. The third-order valence-electron chi connectivity index (χ3n) is 4.23. The van der Waals surface area contributed by atoms with Crippen molar-refractivity contribution in [2.75, 3.05) is 39.8 Å². The van der Waals surface area contributed by atoms with Gasteiger partial charge < -0.3 is 16.4 Å². The van der Waals surface area contributed by atoms with Gasteiger partial charge in [0.25, 0.3) is 0 Å². The van der Waals surface area contributed by atoms with Crippen LogP contribution in [0.15, 0.2) is 0 Å². The second-order valence-corrected chi connectivity index (χ2v) is 7.20. The Morgan fingerprint density at radius 3 is 2.18 bits per heavy atom. The van der Waals surface area contributed by atoms with Crippen molar-refractivity contribution < 1.29 is 4.79 Å². The van der Waals surface area contributed by atoms with Crippen molar-refractivity contribution in [3.63, 3.8) is 0 Å². The van der Waals surface area contributed by atoms with E-state index in [-0.39, 0.29) is 5.91 Å². The fourth-order valence-corrected chi connectivity index (χ4v) is 3.05. The van der Waals surface area contributed by atoms with E-state index in [1.165, 1.54) is 32.1 Å². The highest BCUT2D eigenvalue weighted by atomic mass is 16.2. The maximum atomic E-state index is 12.1. The molecule has 0 spiro atoms. The molecule has 0 aromatic rings. The summed E-state index contributed by atoms with van der Waals surface area (Å²) in [5, 5.41) is 6.18. The van der Waals surface area contributed by atoms with E-state index in [1.54, 1.807) is 0 Å². The number of nitrogens with one attached hydrogen (secondary N) is 2. The minimum absolute atomic E-state index is 0.0292. The first-order valence-corrected chi connectivity index (χ1v) is 8.92. The zero-order chi connectivity index (χ0) is 16.4. The van der Waals surface area contributed by atoms with Gasteiger partial charge in [-0.15, -0.1) is 0 Å². The van der Waals surface area contributed by atoms with Crippen molar-refractivity contribution in [2.24, 2.45) is 11.7 Å². The lowest BCUT2D eigenvalue weighted by atomic mass is 9.89. The standard InChI is InChI=1S/C17H36N4O/c1-15(2)12-21-13-17(18,14-21)16(22)20-11-9-7-5-4-6-8-10-19-3/h15,19H,4-14,18H2,1-3H3,(H,20,22). The van der Waals surface area contributed by atoms with Crippen LogP contribution in [-0.2, 0) is 4.79 Å². The molecule has 0 radical (unpaired) electrons. The summed E-state index contributed by atoms with van der Waals surface area (Å²) in [5.41, 5.74) is 5.51. The molecule has 1 heterocycles. The highest BCUT2D eigenvalue weighted by molar-refractivity contribution is 5.87. The minimum Gasteiger partial charge on any atom is -0.354 e. The summed E-state index contributed by atoms with van der Waals surface area (Å²) in [6.07, 6.45) is 7.36. The summed E-state index contributed by atoms with van der Waals surface area (Å²) in [6.45, 7) is 8.68. The summed E-state index contributed by atoms with van der Waals surface area (Å²) in [7, 11) is 2.00. The second kappa shape index (κ2) is 10.2. The van der Waals surface area contributed by atoms with E-state index in [2.05, 4.69) is 29.4 Å². The Kier molecular flexibility index (Phi) is 8.98. The van der Waals surface area contributed by atoms with Gasteiger partial charge >= 0.3 is 0 Å². The molecule has 4 N–H and O–H groups in total. The molecule has 0 aliphatic carbocycles. The molecule has 22 heavy (non-hydrogen) atoms. The van der Waals surface area contributed by atoms with Crippen molar-refractivity contribution in [3.8, 4) is 0 Å². The monoisotopic (exact) mass is 312 g/mol. The van der Waals surface area contributed by atoms with Crippen LogP contribution in [0.5, 0.6) is 0 Å². The van der Waals surface area contributed by atoms with E-state index >= 15 is 0 Å². The van der Waals surface area contributed by atoms with Crippen LogP contribution in [0.3, 0.4) is 0 Å². The zero-order valence-corrected chi connectivity index (χ0v) is 14.8. The predicted molar refractivity (Wildman–Crippen MR) is 92.8 cm³/mol. The number of amides is 1. The van der Waals surface area contributed by atoms with Gasteiger partial charge in [-0.1, -0.05) is 39.5 Å². The first-order valence-electron chi connectivity index (χ1n) is 8.92. The lowest BCUT2D eigenvalue weighted by Crippen LogP contribution is -2.74. The van der Waals surface area contributed by atoms with Gasteiger partial charge in [-0.2, -0.15) is 0 Å². The smallest absolute Gasteiger partial charge is 0.242 e. The van der Waals surface area contributed by atoms with E-state index in [0.29, 0.717) is 19.0 Å². The molecule has 1 aliphatic rings. The van der Waals surface area contributed by atoms with Crippen LogP contribution >= 0.6 is 0 Å². The van der Waals surface area contributed by atoms with E-state index in [4.69, 9.17) is 5.73 Å².